The Morgan fingerprint density at radius 3 is 2.18 bits per heavy atom. The van der Waals surface area contributed by atoms with Gasteiger partial charge in [-0.1, -0.05) is 28.1 Å². The molecule has 1 heterocycles. The predicted molar refractivity (Wildman–Crippen MR) is 87.6 cm³/mol. The van der Waals surface area contributed by atoms with Crippen LogP contribution in [0.15, 0.2) is 59.1 Å². The summed E-state index contributed by atoms with van der Waals surface area (Å²) >= 11 is 3.35. The van der Waals surface area contributed by atoms with E-state index in [9.17, 15) is 9.59 Å². The Morgan fingerprint density at radius 1 is 0.955 bits per heavy atom. The van der Waals surface area contributed by atoms with Crippen LogP contribution in [0, 0.1) is 0 Å². The van der Waals surface area contributed by atoms with Gasteiger partial charge in [0, 0.05) is 10.5 Å². The number of amides is 2. The van der Waals surface area contributed by atoms with Crippen molar-refractivity contribution in [3.05, 3.63) is 64.6 Å². The third kappa shape index (κ3) is 2.55. The van der Waals surface area contributed by atoms with Crippen molar-refractivity contribution < 1.29 is 14.3 Å². The Kier molecular flexibility index (Phi) is 3.81. The fourth-order valence-corrected chi connectivity index (χ4v) is 2.55. The Balaban J connectivity index is 1.92. The van der Waals surface area contributed by atoms with Crippen LogP contribution in [0.1, 0.15) is 5.56 Å². The van der Waals surface area contributed by atoms with E-state index in [2.05, 4.69) is 15.9 Å². The molecule has 1 aliphatic heterocycles. The lowest BCUT2D eigenvalue weighted by Gasteiger charge is -2.15. The second-order valence-corrected chi connectivity index (χ2v) is 5.66. The third-order valence-electron chi connectivity index (χ3n) is 3.41. The third-order valence-corrected chi connectivity index (χ3v) is 3.94. The van der Waals surface area contributed by atoms with Gasteiger partial charge in [0.25, 0.3) is 11.8 Å². The highest BCUT2D eigenvalue weighted by Gasteiger charge is 2.32. The number of ether oxygens (including phenoxy) is 1. The van der Waals surface area contributed by atoms with Crippen LogP contribution in [0.2, 0.25) is 0 Å². The number of rotatable bonds is 3. The SMILES string of the molecule is COc1ccc(N2C(=O)C=C(c3ccc(Br)cc3)C2=O)cc1. The van der Waals surface area contributed by atoms with Gasteiger partial charge in [0.1, 0.15) is 5.75 Å². The zero-order valence-electron chi connectivity index (χ0n) is 11.7. The van der Waals surface area contributed by atoms with Gasteiger partial charge in [0.05, 0.1) is 18.4 Å². The smallest absolute Gasteiger partial charge is 0.266 e. The molecular weight excluding hydrogens is 346 g/mol. The molecule has 0 bridgehead atoms. The Morgan fingerprint density at radius 2 is 1.59 bits per heavy atom. The van der Waals surface area contributed by atoms with Crippen LogP contribution in [-0.2, 0) is 9.59 Å². The average Bonchev–Trinajstić information content (AvgIpc) is 2.83. The van der Waals surface area contributed by atoms with Gasteiger partial charge in [-0.15, -0.1) is 0 Å². The molecule has 3 rings (SSSR count). The van der Waals surface area contributed by atoms with Crippen molar-refractivity contribution in [2.75, 3.05) is 12.0 Å². The summed E-state index contributed by atoms with van der Waals surface area (Å²) in [4.78, 5) is 25.9. The maximum Gasteiger partial charge on any atom is 0.266 e. The van der Waals surface area contributed by atoms with E-state index < -0.39 is 0 Å². The summed E-state index contributed by atoms with van der Waals surface area (Å²) in [5.74, 6) is 0.00881. The van der Waals surface area contributed by atoms with Crippen LogP contribution in [0.25, 0.3) is 5.57 Å². The molecule has 0 N–H and O–H groups in total. The number of halogens is 1. The highest BCUT2D eigenvalue weighted by Crippen LogP contribution is 2.29. The summed E-state index contributed by atoms with van der Waals surface area (Å²) in [6.07, 6.45) is 1.37. The van der Waals surface area contributed by atoms with Crippen LogP contribution in [0.5, 0.6) is 5.75 Å². The quantitative estimate of drug-likeness (QED) is 0.790. The summed E-state index contributed by atoms with van der Waals surface area (Å²) in [6.45, 7) is 0. The number of carbonyl (C=O) groups is 2. The molecule has 0 fully saturated rings. The van der Waals surface area contributed by atoms with E-state index >= 15 is 0 Å². The fourth-order valence-electron chi connectivity index (χ4n) is 2.28. The zero-order valence-corrected chi connectivity index (χ0v) is 13.3. The molecule has 2 aromatic carbocycles. The van der Waals surface area contributed by atoms with Gasteiger partial charge in [0.15, 0.2) is 0 Å². The molecule has 0 atom stereocenters. The minimum Gasteiger partial charge on any atom is -0.497 e. The number of hydrogen-bond donors (Lipinski definition) is 0. The molecule has 0 aromatic heterocycles. The molecule has 5 heteroatoms. The molecule has 0 saturated carbocycles. The number of benzene rings is 2. The van der Waals surface area contributed by atoms with Crippen molar-refractivity contribution in [2.24, 2.45) is 0 Å². The normalized spacial score (nSPS) is 14.3. The summed E-state index contributed by atoms with van der Waals surface area (Å²) in [7, 11) is 1.56. The molecule has 0 saturated heterocycles. The van der Waals surface area contributed by atoms with E-state index in [4.69, 9.17) is 4.74 Å². The molecule has 0 unspecified atom stereocenters. The predicted octanol–water partition coefficient (Wildman–Crippen LogP) is 3.41. The molecule has 2 aromatic rings. The molecule has 0 aliphatic carbocycles. The lowest BCUT2D eigenvalue weighted by molar-refractivity contribution is -0.119. The number of anilines is 1. The van der Waals surface area contributed by atoms with E-state index in [-0.39, 0.29) is 11.8 Å². The number of imide groups is 1. The summed E-state index contributed by atoms with van der Waals surface area (Å²) in [5.41, 5.74) is 1.64. The molecule has 0 spiro atoms. The molecular formula is C17H12BrNO3. The topological polar surface area (TPSA) is 46.6 Å². The van der Waals surface area contributed by atoms with Gasteiger partial charge in [-0.3, -0.25) is 9.59 Å². The average molecular weight is 358 g/mol. The second-order valence-electron chi connectivity index (χ2n) is 4.74. The maximum absolute atomic E-state index is 12.6. The first-order chi connectivity index (χ1) is 10.6. The van der Waals surface area contributed by atoms with Crippen LogP contribution >= 0.6 is 15.9 Å². The van der Waals surface area contributed by atoms with E-state index in [1.54, 1.807) is 43.5 Å². The minimum absolute atomic E-state index is 0.322. The van der Waals surface area contributed by atoms with Crippen LogP contribution in [0.4, 0.5) is 5.69 Å². The molecule has 1 aliphatic rings. The lowest BCUT2D eigenvalue weighted by atomic mass is 10.1. The second kappa shape index (κ2) is 5.77. The maximum atomic E-state index is 12.6. The lowest BCUT2D eigenvalue weighted by Crippen LogP contribution is -2.30. The first-order valence-electron chi connectivity index (χ1n) is 6.60. The van der Waals surface area contributed by atoms with Gasteiger partial charge in [-0.25, -0.2) is 4.90 Å². The standard InChI is InChI=1S/C17H12BrNO3/c1-22-14-8-6-13(7-9-14)19-16(20)10-15(17(19)21)11-2-4-12(18)5-3-11/h2-10H,1H3. The van der Waals surface area contributed by atoms with E-state index in [1.165, 1.54) is 6.08 Å². The largest absolute Gasteiger partial charge is 0.497 e. The van der Waals surface area contributed by atoms with Gasteiger partial charge in [0.2, 0.25) is 0 Å². The fraction of sp³-hybridized carbons (Fsp3) is 0.0588. The van der Waals surface area contributed by atoms with Gasteiger partial charge >= 0.3 is 0 Å². The van der Waals surface area contributed by atoms with Crippen LogP contribution < -0.4 is 9.64 Å². The van der Waals surface area contributed by atoms with Crippen molar-refractivity contribution in [1.82, 2.24) is 0 Å². The highest BCUT2D eigenvalue weighted by molar-refractivity contribution is 9.10. The summed E-state index contributed by atoms with van der Waals surface area (Å²) in [5, 5.41) is 0. The van der Waals surface area contributed by atoms with Crippen molar-refractivity contribution >= 4 is 39.0 Å². The monoisotopic (exact) mass is 357 g/mol. The first kappa shape index (κ1) is 14.5. The highest BCUT2D eigenvalue weighted by atomic mass is 79.9. The van der Waals surface area contributed by atoms with Crippen molar-refractivity contribution in [2.45, 2.75) is 0 Å². The van der Waals surface area contributed by atoms with Crippen LogP contribution in [-0.4, -0.2) is 18.9 Å². The number of methoxy groups -OCH3 is 1. The zero-order chi connectivity index (χ0) is 15.7. The molecule has 0 radical (unpaired) electrons. The van der Waals surface area contributed by atoms with Gasteiger partial charge in [-0.2, -0.15) is 0 Å². The van der Waals surface area contributed by atoms with Gasteiger partial charge in [-0.05, 0) is 42.0 Å². The molecule has 22 heavy (non-hydrogen) atoms. The molecule has 2 amide bonds. The van der Waals surface area contributed by atoms with E-state index in [1.807, 2.05) is 12.1 Å². The van der Waals surface area contributed by atoms with Crippen molar-refractivity contribution in [1.29, 1.82) is 0 Å². The first-order valence-corrected chi connectivity index (χ1v) is 7.39. The Labute approximate surface area is 136 Å². The number of hydrogen-bond acceptors (Lipinski definition) is 3. The summed E-state index contributed by atoms with van der Waals surface area (Å²) in [6, 6.07) is 14.1. The molecule has 110 valence electrons. The summed E-state index contributed by atoms with van der Waals surface area (Å²) < 4.78 is 6.00. The Hall–Kier alpha value is -2.40. The minimum atomic E-state index is -0.340. The van der Waals surface area contributed by atoms with Crippen molar-refractivity contribution in [3.8, 4) is 5.75 Å². The van der Waals surface area contributed by atoms with Gasteiger partial charge < -0.3 is 4.74 Å². The number of nitrogens with zero attached hydrogens (tertiary/aromatic N) is 1. The van der Waals surface area contributed by atoms with E-state index in [0.717, 1.165) is 14.9 Å². The molecule has 4 nitrogen and oxygen atoms in total. The van der Waals surface area contributed by atoms with Crippen LogP contribution in [0.3, 0.4) is 0 Å². The number of carbonyl (C=O) groups excluding carboxylic acids is 2. The van der Waals surface area contributed by atoms with Crippen molar-refractivity contribution in [3.63, 3.8) is 0 Å². The van der Waals surface area contributed by atoms with E-state index in [0.29, 0.717) is 17.0 Å². The Bertz CT molecular complexity index is 763.